The van der Waals surface area contributed by atoms with Crippen molar-refractivity contribution in [2.24, 2.45) is 5.92 Å². The zero-order valence-electron chi connectivity index (χ0n) is 27.3. The summed E-state index contributed by atoms with van der Waals surface area (Å²) in [5.41, 5.74) is 4.29. The van der Waals surface area contributed by atoms with Crippen LogP contribution in [0.3, 0.4) is 0 Å². The number of nitrogens with one attached hydrogen (secondary N) is 2. The van der Waals surface area contributed by atoms with Crippen LogP contribution in [-0.4, -0.2) is 78.4 Å². The summed E-state index contributed by atoms with van der Waals surface area (Å²) in [5.74, 6) is -0.965. The molecule has 4 rings (SSSR count). The molecule has 4 heterocycles. The third kappa shape index (κ3) is 10.8. The van der Waals surface area contributed by atoms with Gasteiger partial charge in [0.05, 0.1) is 5.69 Å². The molecule has 8 nitrogen and oxygen atoms in total. The summed E-state index contributed by atoms with van der Waals surface area (Å²) in [6.45, 7) is 13.8. The van der Waals surface area contributed by atoms with Crippen LogP contribution in [0.1, 0.15) is 45.1 Å². The predicted octanol–water partition coefficient (Wildman–Crippen LogP) is 6.94. The van der Waals surface area contributed by atoms with E-state index < -0.39 is 32.7 Å². The lowest BCUT2D eigenvalue weighted by Gasteiger charge is -2.23. The molecule has 1 atom stereocenters. The summed E-state index contributed by atoms with van der Waals surface area (Å²) >= 11 is 0. The number of aromatic nitrogens is 3. The normalized spacial score (nSPS) is 15.2. The lowest BCUT2D eigenvalue weighted by Crippen LogP contribution is -2.46. The van der Waals surface area contributed by atoms with Gasteiger partial charge in [-0.15, -0.1) is 0 Å². The van der Waals surface area contributed by atoms with Gasteiger partial charge in [0.15, 0.2) is 0 Å². The molecule has 0 spiro atoms. The Morgan fingerprint density at radius 3 is 2.53 bits per heavy atom. The van der Waals surface area contributed by atoms with E-state index in [1.807, 2.05) is 28.3 Å². The van der Waals surface area contributed by atoms with Gasteiger partial charge in [-0.3, -0.25) is 9.78 Å². The van der Waals surface area contributed by atoms with Crippen LogP contribution in [0.15, 0.2) is 36.9 Å². The first-order valence-electron chi connectivity index (χ1n) is 16.1. The fourth-order valence-electron chi connectivity index (χ4n) is 5.57. The quantitative estimate of drug-likeness (QED) is 0.130. The fraction of sp³-hybridized carbons (Fsp3) is 0.606. The van der Waals surface area contributed by atoms with Gasteiger partial charge in [0.25, 0.3) is 0 Å². The third-order valence-electron chi connectivity index (χ3n) is 8.17. The summed E-state index contributed by atoms with van der Waals surface area (Å²) in [6, 6.07) is 4.29. The van der Waals surface area contributed by atoms with E-state index in [2.05, 4.69) is 40.9 Å². The Hall–Kier alpha value is -2.96. The fourth-order valence-corrected chi connectivity index (χ4v) is 6.33. The minimum Gasteiger partial charge on any atom is -0.372 e. The van der Waals surface area contributed by atoms with Crippen molar-refractivity contribution in [3.8, 4) is 11.1 Å². The molecule has 12 heteroatoms. The molecule has 0 radical (unpaired) electrons. The zero-order valence-corrected chi connectivity index (χ0v) is 28.3. The molecule has 2 N–H and O–H groups in total. The molecule has 1 saturated heterocycles. The molecule has 1 amide bonds. The summed E-state index contributed by atoms with van der Waals surface area (Å²) in [5, 5.41) is 6.11. The summed E-state index contributed by atoms with van der Waals surface area (Å²) < 4.78 is 46.3. The van der Waals surface area contributed by atoms with E-state index in [-0.39, 0.29) is 5.92 Å². The Bertz CT molecular complexity index is 1400. The Balaban J connectivity index is 1.56. The van der Waals surface area contributed by atoms with Gasteiger partial charge in [-0.25, -0.2) is 4.98 Å². The van der Waals surface area contributed by atoms with Crippen molar-refractivity contribution in [2.75, 3.05) is 38.1 Å². The van der Waals surface area contributed by atoms with Crippen molar-refractivity contribution >= 4 is 30.7 Å². The number of halogens is 3. The molecule has 0 bridgehead atoms. The van der Waals surface area contributed by atoms with Gasteiger partial charge in [-0.1, -0.05) is 33.5 Å². The Morgan fingerprint density at radius 2 is 1.84 bits per heavy atom. The third-order valence-corrected chi connectivity index (χ3v) is 9.87. The molecule has 1 aliphatic rings. The molecule has 1 fully saturated rings. The SMILES string of the molecule is CC(C)[C@@H](Nc1cncc(-c2cn(COCC[Si](C)(C)C)c3ncc(CCCCN4CCCC4)cc23)c1)C(=O)NCC(F)(F)F. The van der Waals surface area contributed by atoms with Crippen molar-refractivity contribution in [2.45, 2.75) is 90.6 Å². The van der Waals surface area contributed by atoms with Crippen molar-refractivity contribution in [1.29, 1.82) is 0 Å². The first kappa shape index (κ1) is 34.9. The molecule has 0 aromatic carbocycles. The highest BCUT2D eigenvalue weighted by atomic mass is 28.3. The number of unbranched alkanes of at least 4 members (excludes halogenated alkanes) is 1. The molecule has 0 aliphatic carbocycles. The highest BCUT2D eigenvalue weighted by molar-refractivity contribution is 6.76. The summed E-state index contributed by atoms with van der Waals surface area (Å²) in [7, 11) is -1.23. The number of carbonyl (C=O) groups excluding carboxylic acids is 1. The number of amides is 1. The lowest BCUT2D eigenvalue weighted by molar-refractivity contribution is -0.139. The summed E-state index contributed by atoms with van der Waals surface area (Å²) in [4.78, 5) is 24.5. The number of anilines is 1. The average Bonchev–Trinajstić information content (AvgIpc) is 3.62. The maximum atomic E-state index is 12.7. The molecule has 3 aromatic rings. The highest BCUT2D eigenvalue weighted by Gasteiger charge is 2.30. The van der Waals surface area contributed by atoms with Gasteiger partial charge in [-0.2, -0.15) is 13.2 Å². The first-order valence-corrected chi connectivity index (χ1v) is 19.8. The van der Waals surface area contributed by atoms with Crippen LogP contribution >= 0.6 is 0 Å². The van der Waals surface area contributed by atoms with E-state index in [1.165, 1.54) is 31.5 Å². The maximum Gasteiger partial charge on any atom is 0.405 e. The van der Waals surface area contributed by atoms with E-state index in [0.29, 0.717) is 19.0 Å². The molecule has 3 aromatic heterocycles. The summed E-state index contributed by atoms with van der Waals surface area (Å²) in [6.07, 6.45) is 8.64. The second-order valence-corrected chi connectivity index (χ2v) is 19.4. The Morgan fingerprint density at radius 1 is 1.09 bits per heavy atom. The average molecular weight is 647 g/mol. The second kappa shape index (κ2) is 15.6. The topological polar surface area (TPSA) is 84.3 Å². The Kier molecular flexibility index (Phi) is 12.1. The van der Waals surface area contributed by atoms with Crippen LogP contribution in [0.2, 0.25) is 25.7 Å². The monoisotopic (exact) mass is 646 g/mol. The number of fused-ring (bicyclic) bond motifs is 1. The number of carbonyl (C=O) groups is 1. The first-order chi connectivity index (χ1) is 21.3. The van der Waals surface area contributed by atoms with Gasteiger partial charge in [-0.05, 0) is 81.4 Å². The smallest absolute Gasteiger partial charge is 0.372 e. The van der Waals surface area contributed by atoms with Gasteiger partial charge in [0, 0.05) is 56.0 Å². The molecule has 0 saturated carbocycles. The van der Waals surface area contributed by atoms with E-state index in [4.69, 9.17) is 9.72 Å². The van der Waals surface area contributed by atoms with Gasteiger partial charge in [0.1, 0.15) is 25.0 Å². The Labute approximate surface area is 266 Å². The predicted molar refractivity (Wildman–Crippen MR) is 177 cm³/mol. The van der Waals surface area contributed by atoms with E-state index in [1.54, 1.807) is 26.2 Å². The van der Waals surface area contributed by atoms with Crippen molar-refractivity contribution in [3.05, 3.63) is 42.5 Å². The number of nitrogens with zero attached hydrogens (tertiary/aromatic N) is 4. The number of likely N-dealkylation sites (tertiary alicyclic amines) is 1. The van der Waals surface area contributed by atoms with Crippen molar-refractivity contribution in [3.63, 3.8) is 0 Å². The van der Waals surface area contributed by atoms with Gasteiger partial charge < -0.3 is 24.8 Å². The van der Waals surface area contributed by atoms with Crippen LogP contribution in [0.4, 0.5) is 18.9 Å². The number of rotatable bonds is 16. The molecular formula is C33H49F3N6O2Si. The largest absolute Gasteiger partial charge is 0.405 e. The molecule has 1 aliphatic heterocycles. The molecule has 248 valence electrons. The van der Waals surface area contributed by atoms with Crippen LogP contribution in [-0.2, 0) is 22.7 Å². The number of ether oxygens (including phenoxy) is 1. The number of alkyl halides is 3. The van der Waals surface area contributed by atoms with Crippen LogP contribution < -0.4 is 10.6 Å². The van der Waals surface area contributed by atoms with Gasteiger partial charge >= 0.3 is 6.18 Å². The van der Waals surface area contributed by atoms with Crippen LogP contribution in [0.25, 0.3) is 22.2 Å². The minimum absolute atomic E-state index is 0.255. The molecule has 0 unspecified atom stereocenters. The molecule has 45 heavy (non-hydrogen) atoms. The number of hydrogen-bond donors (Lipinski definition) is 2. The van der Waals surface area contributed by atoms with E-state index in [9.17, 15) is 18.0 Å². The second-order valence-electron chi connectivity index (χ2n) is 13.7. The van der Waals surface area contributed by atoms with E-state index in [0.717, 1.165) is 54.0 Å². The van der Waals surface area contributed by atoms with Gasteiger partial charge in [0.2, 0.25) is 5.91 Å². The number of hydrogen-bond acceptors (Lipinski definition) is 6. The highest BCUT2D eigenvalue weighted by Crippen LogP contribution is 2.32. The minimum atomic E-state index is -4.48. The standard InChI is InChI=1S/C33H49F3N6O2Si/c1-24(2)30(32(43)39-22-33(34,35)36)40-27-17-26(19-37-20-27)29-21-42(23-44-14-15-45(3,4)5)31-28(29)16-25(18-38-31)10-6-7-11-41-12-8-9-13-41/h16-21,24,30,40H,6-15,22-23H2,1-5H3,(H,39,43)/t30-/m1/s1. The number of pyridine rings is 2. The maximum absolute atomic E-state index is 12.7. The van der Waals surface area contributed by atoms with Crippen molar-refractivity contribution < 1.29 is 22.7 Å². The zero-order chi connectivity index (χ0) is 32.6. The van der Waals surface area contributed by atoms with Crippen molar-refractivity contribution in [1.82, 2.24) is 24.8 Å². The van der Waals surface area contributed by atoms with Crippen LogP contribution in [0.5, 0.6) is 0 Å². The lowest BCUT2D eigenvalue weighted by atomic mass is 10.0. The van der Waals surface area contributed by atoms with Crippen LogP contribution in [0, 0.1) is 5.92 Å². The van der Waals surface area contributed by atoms with E-state index >= 15 is 0 Å². The number of aryl methyl sites for hydroxylation is 1. The molecular weight excluding hydrogens is 597 g/mol.